The number of rotatable bonds is 5. The summed E-state index contributed by atoms with van der Waals surface area (Å²) >= 11 is 1.08. The lowest BCUT2D eigenvalue weighted by Gasteiger charge is -2.34. The molecule has 186 valence electrons. The number of aromatic nitrogens is 3. The van der Waals surface area contributed by atoms with Gasteiger partial charge in [0.25, 0.3) is 11.8 Å². The summed E-state index contributed by atoms with van der Waals surface area (Å²) in [7, 11) is 2.12. The highest BCUT2D eigenvalue weighted by molar-refractivity contribution is 7.17. The van der Waals surface area contributed by atoms with Crippen LogP contribution in [0.1, 0.15) is 31.5 Å². The molecule has 1 fully saturated rings. The smallest absolute Gasteiger partial charge is 0.276 e. The molecule has 0 aliphatic carbocycles. The summed E-state index contributed by atoms with van der Waals surface area (Å²) in [6.45, 7) is 7.39. The molecular formula is C25H26FN7O2S. The summed E-state index contributed by atoms with van der Waals surface area (Å²) in [6, 6.07) is 10.6. The Hall–Kier alpha value is -3.83. The van der Waals surface area contributed by atoms with Gasteiger partial charge >= 0.3 is 0 Å². The molecule has 2 N–H and O–H groups in total. The van der Waals surface area contributed by atoms with E-state index in [0.29, 0.717) is 27.6 Å². The Morgan fingerprint density at radius 2 is 1.64 bits per heavy atom. The molecule has 1 aliphatic rings. The van der Waals surface area contributed by atoms with Crippen molar-refractivity contribution in [3.63, 3.8) is 0 Å². The molecule has 1 saturated heterocycles. The first-order chi connectivity index (χ1) is 17.3. The number of nitrogens with zero attached hydrogens (tertiary/aromatic N) is 5. The van der Waals surface area contributed by atoms with Gasteiger partial charge in [0.15, 0.2) is 5.13 Å². The minimum atomic E-state index is -0.481. The number of amides is 2. The molecule has 0 bridgehead atoms. The number of imidazole rings is 1. The molecule has 9 nitrogen and oxygen atoms in total. The number of fused-ring (bicyclic) bond motifs is 1. The van der Waals surface area contributed by atoms with Gasteiger partial charge in [-0.1, -0.05) is 11.3 Å². The maximum absolute atomic E-state index is 13.7. The van der Waals surface area contributed by atoms with Gasteiger partial charge in [0, 0.05) is 43.8 Å². The Morgan fingerprint density at radius 3 is 2.36 bits per heavy atom. The number of halogens is 1. The van der Waals surface area contributed by atoms with Crippen molar-refractivity contribution in [3.05, 3.63) is 70.4 Å². The molecule has 11 heteroatoms. The van der Waals surface area contributed by atoms with Gasteiger partial charge in [-0.25, -0.2) is 14.4 Å². The van der Waals surface area contributed by atoms with Crippen molar-refractivity contribution in [1.29, 1.82) is 0 Å². The first-order valence-corrected chi connectivity index (χ1v) is 12.4. The van der Waals surface area contributed by atoms with Crippen LogP contribution in [0.2, 0.25) is 0 Å². The topological polar surface area (TPSA) is 94.9 Å². The van der Waals surface area contributed by atoms with Gasteiger partial charge in [-0.2, -0.15) is 0 Å². The number of pyridine rings is 1. The third kappa shape index (κ3) is 4.79. The van der Waals surface area contributed by atoms with Crippen LogP contribution in [0.4, 0.5) is 20.9 Å². The fourth-order valence-corrected chi connectivity index (χ4v) is 5.09. The third-order valence-electron chi connectivity index (χ3n) is 6.19. The molecule has 0 atom stereocenters. The van der Waals surface area contributed by atoms with Crippen LogP contribution in [0.25, 0.3) is 5.65 Å². The van der Waals surface area contributed by atoms with Crippen LogP contribution in [0.5, 0.6) is 0 Å². The maximum atomic E-state index is 13.7. The number of aryl methyl sites for hydroxylation is 2. The molecule has 0 spiro atoms. The Balaban J connectivity index is 1.27. The van der Waals surface area contributed by atoms with E-state index in [4.69, 9.17) is 0 Å². The lowest BCUT2D eigenvalue weighted by atomic mass is 10.2. The molecule has 1 aliphatic heterocycles. The Kier molecular flexibility index (Phi) is 6.42. The molecule has 1 aromatic carbocycles. The number of thiazole rings is 1. The van der Waals surface area contributed by atoms with Crippen molar-refractivity contribution in [2.75, 3.05) is 48.8 Å². The SMILES string of the molecule is Cc1nc(NC(=O)c2c(C)nc3ccc(F)cn23)sc1C(=O)Nc1ccc(N2CCN(C)CC2)cc1. The number of carbonyl (C=O) groups excluding carboxylic acids is 2. The van der Waals surface area contributed by atoms with Gasteiger partial charge in [0.1, 0.15) is 22.0 Å². The number of anilines is 3. The largest absolute Gasteiger partial charge is 0.369 e. The van der Waals surface area contributed by atoms with Crippen molar-refractivity contribution >= 4 is 45.3 Å². The minimum Gasteiger partial charge on any atom is -0.369 e. The first-order valence-electron chi connectivity index (χ1n) is 11.6. The summed E-state index contributed by atoms with van der Waals surface area (Å²) in [4.78, 5) is 39.5. The highest BCUT2D eigenvalue weighted by atomic mass is 32.1. The quantitative estimate of drug-likeness (QED) is 0.427. The lowest BCUT2D eigenvalue weighted by Crippen LogP contribution is -2.44. The van der Waals surface area contributed by atoms with Crippen molar-refractivity contribution in [2.45, 2.75) is 13.8 Å². The standard InChI is InChI=1S/C25H26FN7O2S/c1-15-21(33-14-17(26)4-9-20(33)27-15)23(34)30-25-28-16(2)22(36-25)24(35)29-18-5-7-19(8-6-18)32-12-10-31(3)11-13-32/h4-9,14H,10-13H2,1-3H3,(H,29,35)(H,28,30,34). The summed E-state index contributed by atoms with van der Waals surface area (Å²) in [5, 5.41) is 5.90. The zero-order valence-electron chi connectivity index (χ0n) is 20.2. The Morgan fingerprint density at radius 1 is 0.917 bits per heavy atom. The lowest BCUT2D eigenvalue weighted by molar-refractivity contribution is 0.101. The number of hydrogen-bond acceptors (Lipinski definition) is 7. The number of hydrogen-bond donors (Lipinski definition) is 2. The fourth-order valence-electron chi connectivity index (χ4n) is 4.23. The average molecular weight is 508 g/mol. The van der Waals surface area contributed by atoms with Crippen molar-refractivity contribution < 1.29 is 14.0 Å². The van der Waals surface area contributed by atoms with Gasteiger partial charge in [0.2, 0.25) is 0 Å². The normalized spacial score (nSPS) is 14.3. The van der Waals surface area contributed by atoms with Crippen LogP contribution in [0.15, 0.2) is 42.6 Å². The molecule has 4 heterocycles. The van der Waals surface area contributed by atoms with Gasteiger partial charge in [0.05, 0.1) is 11.4 Å². The highest BCUT2D eigenvalue weighted by Crippen LogP contribution is 2.26. The summed E-state index contributed by atoms with van der Waals surface area (Å²) in [6.07, 6.45) is 1.21. The summed E-state index contributed by atoms with van der Waals surface area (Å²) in [5.41, 5.74) is 3.45. The number of nitrogens with one attached hydrogen (secondary N) is 2. The molecule has 3 aromatic heterocycles. The predicted octanol–water partition coefficient (Wildman–Crippen LogP) is 3.80. The zero-order chi connectivity index (χ0) is 25.4. The molecule has 5 rings (SSSR count). The highest BCUT2D eigenvalue weighted by Gasteiger charge is 2.21. The molecule has 2 amide bonds. The van der Waals surface area contributed by atoms with E-state index in [0.717, 1.165) is 43.2 Å². The zero-order valence-corrected chi connectivity index (χ0v) is 21.0. The van der Waals surface area contributed by atoms with E-state index in [1.165, 1.54) is 22.7 Å². The van der Waals surface area contributed by atoms with Crippen LogP contribution in [-0.2, 0) is 0 Å². The van der Waals surface area contributed by atoms with Gasteiger partial charge < -0.3 is 15.1 Å². The van der Waals surface area contributed by atoms with Gasteiger partial charge in [-0.15, -0.1) is 0 Å². The van der Waals surface area contributed by atoms with Crippen LogP contribution >= 0.6 is 11.3 Å². The molecule has 0 unspecified atom stereocenters. The molecule has 36 heavy (non-hydrogen) atoms. The van der Waals surface area contributed by atoms with Gasteiger partial charge in [-0.05, 0) is 57.3 Å². The third-order valence-corrected chi connectivity index (χ3v) is 7.26. The van der Waals surface area contributed by atoms with E-state index in [-0.39, 0.29) is 16.7 Å². The minimum absolute atomic E-state index is 0.212. The molecular weight excluding hydrogens is 481 g/mol. The number of carbonyl (C=O) groups is 2. The van der Waals surface area contributed by atoms with Crippen LogP contribution < -0.4 is 15.5 Å². The second-order valence-corrected chi connectivity index (χ2v) is 9.80. The summed E-state index contributed by atoms with van der Waals surface area (Å²) in [5.74, 6) is -1.26. The van der Waals surface area contributed by atoms with Crippen molar-refractivity contribution in [3.8, 4) is 0 Å². The van der Waals surface area contributed by atoms with Crippen molar-refractivity contribution in [1.82, 2.24) is 19.3 Å². The molecule has 0 radical (unpaired) electrons. The number of likely N-dealkylation sites (N-methyl/N-ethyl adjacent to an activating group) is 1. The van der Waals surface area contributed by atoms with E-state index >= 15 is 0 Å². The van der Waals surface area contributed by atoms with Crippen molar-refractivity contribution in [2.24, 2.45) is 0 Å². The monoisotopic (exact) mass is 507 g/mol. The first kappa shape index (κ1) is 23.9. The summed E-state index contributed by atoms with van der Waals surface area (Å²) < 4.78 is 15.1. The van der Waals surface area contributed by atoms with E-state index in [9.17, 15) is 14.0 Å². The van der Waals surface area contributed by atoms with E-state index in [1.807, 2.05) is 24.3 Å². The Labute approximate surface area is 211 Å². The van der Waals surface area contributed by atoms with Crippen LogP contribution in [0, 0.1) is 19.7 Å². The van der Waals surface area contributed by atoms with Crippen LogP contribution in [-0.4, -0.2) is 64.3 Å². The van der Waals surface area contributed by atoms with Gasteiger partial charge in [-0.3, -0.25) is 19.3 Å². The second-order valence-electron chi connectivity index (χ2n) is 8.80. The maximum Gasteiger partial charge on any atom is 0.276 e. The van der Waals surface area contributed by atoms with E-state index < -0.39 is 11.7 Å². The second kappa shape index (κ2) is 9.67. The molecule has 4 aromatic rings. The fraction of sp³-hybridized carbons (Fsp3) is 0.280. The number of benzene rings is 1. The Bertz CT molecular complexity index is 1440. The van der Waals surface area contributed by atoms with Crippen LogP contribution in [0.3, 0.4) is 0 Å². The predicted molar refractivity (Wildman–Crippen MR) is 139 cm³/mol. The number of piperazine rings is 1. The van der Waals surface area contributed by atoms with E-state index in [2.05, 4.69) is 37.4 Å². The average Bonchev–Trinajstić information content (AvgIpc) is 3.38. The molecule has 0 saturated carbocycles. The van der Waals surface area contributed by atoms with E-state index in [1.54, 1.807) is 13.8 Å².